The lowest BCUT2D eigenvalue weighted by Gasteiger charge is -2.36. The molecule has 1 atom stereocenters. The van der Waals surface area contributed by atoms with Crippen LogP contribution in [0.5, 0.6) is 0 Å². The van der Waals surface area contributed by atoms with Gasteiger partial charge in [0.1, 0.15) is 0 Å². The van der Waals surface area contributed by atoms with E-state index in [1.54, 1.807) is 22.9 Å². The van der Waals surface area contributed by atoms with Crippen LogP contribution in [-0.4, -0.2) is 53.8 Å². The summed E-state index contributed by atoms with van der Waals surface area (Å²) in [5, 5.41) is 2.73. The Hall–Kier alpha value is -2.09. The molecule has 0 aromatic heterocycles. The number of rotatable bonds is 5. The van der Waals surface area contributed by atoms with Crippen LogP contribution in [0.15, 0.2) is 24.3 Å². The van der Waals surface area contributed by atoms with Crippen LogP contribution in [-0.2, 0) is 22.3 Å². The third kappa shape index (κ3) is 4.97. The first-order chi connectivity index (χ1) is 12.1. The normalized spacial score (nSPS) is 18.7. The summed E-state index contributed by atoms with van der Waals surface area (Å²) < 4.78 is 38.7. The largest absolute Gasteiger partial charge is 0.416 e. The summed E-state index contributed by atoms with van der Waals surface area (Å²) in [6.07, 6.45) is -4.41. The van der Waals surface area contributed by atoms with E-state index in [4.69, 9.17) is 0 Å². The maximum Gasteiger partial charge on any atom is 0.416 e. The third-order valence-electron chi connectivity index (χ3n) is 4.62. The molecule has 5 nitrogen and oxygen atoms in total. The van der Waals surface area contributed by atoms with Gasteiger partial charge < -0.3 is 10.2 Å². The van der Waals surface area contributed by atoms with Gasteiger partial charge in [0, 0.05) is 32.7 Å². The Bertz CT molecular complexity index is 661. The van der Waals surface area contributed by atoms with Gasteiger partial charge in [0.15, 0.2) is 0 Å². The van der Waals surface area contributed by atoms with Crippen molar-refractivity contribution in [1.82, 2.24) is 15.1 Å². The number of halogens is 3. The molecule has 1 fully saturated rings. The molecule has 0 aliphatic carbocycles. The number of amides is 2. The number of carbonyl (C=O) groups excluding carboxylic acids is 2. The standard InChI is InChI=1S/C18H24F3N3O2/c1-12(2)23(3)16(25)10-15-17(26)22-7-8-24(15)11-13-5-4-6-14(9-13)18(19,20)21/h4-6,9,12,15H,7-8,10-11H2,1-3H3,(H,22,26). The van der Waals surface area contributed by atoms with Crippen molar-refractivity contribution in [2.24, 2.45) is 0 Å². The lowest BCUT2D eigenvalue weighted by Crippen LogP contribution is -2.56. The number of alkyl halides is 3. The first-order valence-electron chi connectivity index (χ1n) is 8.53. The molecule has 0 radical (unpaired) electrons. The molecular formula is C18H24F3N3O2. The molecule has 0 saturated carbocycles. The fraction of sp³-hybridized carbons (Fsp3) is 0.556. The quantitative estimate of drug-likeness (QED) is 0.864. The molecule has 1 aromatic carbocycles. The number of nitrogens with zero attached hydrogens (tertiary/aromatic N) is 2. The summed E-state index contributed by atoms with van der Waals surface area (Å²) in [7, 11) is 1.67. The van der Waals surface area contributed by atoms with Crippen molar-refractivity contribution in [2.75, 3.05) is 20.1 Å². The number of nitrogens with one attached hydrogen (secondary N) is 1. The van der Waals surface area contributed by atoms with E-state index in [0.717, 1.165) is 12.1 Å². The van der Waals surface area contributed by atoms with Gasteiger partial charge in [-0.25, -0.2) is 0 Å². The van der Waals surface area contributed by atoms with Crippen molar-refractivity contribution in [3.63, 3.8) is 0 Å². The zero-order valence-corrected chi connectivity index (χ0v) is 15.1. The molecule has 1 heterocycles. The smallest absolute Gasteiger partial charge is 0.353 e. The molecule has 1 N–H and O–H groups in total. The monoisotopic (exact) mass is 371 g/mol. The van der Waals surface area contributed by atoms with E-state index in [1.165, 1.54) is 6.07 Å². The minimum absolute atomic E-state index is 0.000521. The van der Waals surface area contributed by atoms with Gasteiger partial charge in [-0.05, 0) is 25.5 Å². The molecule has 1 aliphatic rings. The molecular weight excluding hydrogens is 347 g/mol. The molecule has 1 unspecified atom stereocenters. The summed E-state index contributed by atoms with van der Waals surface area (Å²) in [5.41, 5.74) is -0.257. The molecule has 2 rings (SSSR count). The molecule has 0 bridgehead atoms. The summed E-state index contributed by atoms with van der Waals surface area (Å²) in [4.78, 5) is 27.9. The Labute approximate surface area is 151 Å². The minimum atomic E-state index is -4.41. The van der Waals surface area contributed by atoms with Gasteiger partial charge in [0.2, 0.25) is 11.8 Å². The fourth-order valence-corrected chi connectivity index (χ4v) is 2.85. The number of carbonyl (C=O) groups is 2. The van der Waals surface area contributed by atoms with E-state index in [-0.39, 0.29) is 30.8 Å². The summed E-state index contributed by atoms with van der Waals surface area (Å²) in [6.45, 7) is 4.81. The van der Waals surface area contributed by atoms with Crippen molar-refractivity contribution in [3.8, 4) is 0 Å². The first kappa shape index (κ1) is 20.2. The van der Waals surface area contributed by atoms with Crippen LogP contribution in [0.4, 0.5) is 13.2 Å². The Morgan fingerprint density at radius 3 is 2.69 bits per heavy atom. The fourth-order valence-electron chi connectivity index (χ4n) is 2.85. The van der Waals surface area contributed by atoms with E-state index >= 15 is 0 Å². The van der Waals surface area contributed by atoms with E-state index in [9.17, 15) is 22.8 Å². The number of hydrogen-bond donors (Lipinski definition) is 1. The topological polar surface area (TPSA) is 52.7 Å². The van der Waals surface area contributed by atoms with Crippen molar-refractivity contribution in [1.29, 1.82) is 0 Å². The molecule has 0 spiro atoms. The van der Waals surface area contributed by atoms with Crippen molar-refractivity contribution in [3.05, 3.63) is 35.4 Å². The van der Waals surface area contributed by atoms with E-state index in [1.807, 2.05) is 13.8 Å². The van der Waals surface area contributed by atoms with Crippen molar-refractivity contribution >= 4 is 11.8 Å². The Morgan fingerprint density at radius 1 is 1.38 bits per heavy atom. The van der Waals surface area contributed by atoms with Gasteiger partial charge in [-0.15, -0.1) is 0 Å². The van der Waals surface area contributed by atoms with Crippen LogP contribution >= 0.6 is 0 Å². The average molecular weight is 371 g/mol. The predicted molar refractivity (Wildman–Crippen MR) is 91.2 cm³/mol. The second-order valence-electron chi connectivity index (χ2n) is 6.78. The predicted octanol–water partition coefficient (Wildman–Crippen LogP) is 2.26. The van der Waals surface area contributed by atoms with Gasteiger partial charge in [0.05, 0.1) is 18.0 Å². The van der Waals surface area contributed by atoms with Crippen LogP contribution in [0.3, 0.4) is 0 Å². The summed E-state index contributed by atoms with van der Waals surface area (Å²) >= 11 is 0. The summed E-state index contributed by atoms with van der Waals surface area (Å²) in [6, 6.07) is 4.38. The Balaban J connectivity index is 2.15. The molecule has 8 heteroatoms. The highest BCUT2D eigenvalue weighted by Crippen LogP contribution is 2.30. The maximum atomic E-state index is 12.9. The zero-order valence-electron chi connectivity index (χ0n) is 15.1. The van der Waals surface area contributed by atoms with Crippen molar-refractivity contribution in [2.45, 2.75) is 45.1 Å². The van der Waals surface area contributed by atoms with Gasteiger partial charge in [-0.2, -0.15) is 13.2 Å². The lowest BCUT2D eigenvalue weighted by atomic mass is 10.0. The molecule has 1 aromatic rings. The first-order valence-corrected chi connectivity index (χ1v) is 8.53. The molecule has 1 saturated heterocycles. The van der Waals surface area contributed by atoms with Gasteiger partial charge >= 0.3 is 6.18 Å². The number of hydrogen-bond acceptors (Lipinski definition) is 3. The Kier molecular flexibility index (Phi) is 6.28. The highest BCUT2D eigenvalue weighted by molar-refractivity contribution is 5.88. The minimum Gasteiger partial charge on any atom is -0.353 e. The van der Waals surface area contributed by atoms with Gasteiger partial charge in [-0.3, -0.25) is 14.5 Å². The third-order valence-corrected chi connectivity index (χ3v) is 4.62. The second-order valence-corrected chi connectivity index (χ2v) is 6.78. The molecule has 144 valence electrons. The second kappa shape index (κ2) is 8.07. The number of benzene rings is 1. The van der Waals surface area contributed by atoms with E-state index in [0.29, 0.717) is 18.7 Å². The molecule has 1 aliphatic heterocycles. The maximum absolute atomic E-state index is 12.9. The van der Waals surface area contributed by atoms with Crippen LogP contribution < -0.4 is 5.32 Å². The average Bonchev–Trinajstić information content (AvgIpc) is 2.56. The van der Waals surface area contributed by atoms with Crippen LogP contribution in [0.25, 0.3) is 0 Å². The number of piperazine rings is 1. The van der Waals surface area contributed by atoms with Gasteiger partial charge in [0.25, 0.3) is 0 Å². The van der Waals surface area contributed by atoms with E-state index < -0.39 is 17.8 Å². The van der Waals surface area contributed by atoms with Crippen LogP contribution in [0.1, 0.15) is 31.4 Å². The molecule has 2 amide bonds. The highest BCUT2D eigenvalue weighted by atomic mass is 19.4. The van der Waals surface area contributed by atoms with Crippen LogP contribution in [0, 0.1) is 0 Å². The SMILES string of the molecule is CC(C)N(C)C(=O)CC1C(=O)NCCN1Cc1cccc(C(F)(F)F)c1. The Morgan fingerprint density at radius 2 is 2.08 bits per heavy atom. The van der Waals surface area contributed by atoms with Crippen molar-refractivity contribution < 1.29 is 22.8 Å². The van der Waals surface area contributed by atoms with Crippen LogP contribution in [0.2, 0.25) is 0 Å². The van der Waals surface area contributed by atoms with Gasteiger partial charge in [-0.1, -0.05) is 18.2 Å². The molecule has 26 heavy (non-hydrogen) atoms. The van der Waals surface area contributed by atoms with E-state index in [2.05, 4.69) is 5.32 Å². The zero-order chi connectivity index (χ0) is 19.5. The summed E-state index contributed by atoms with van der Waals surface area (Å²) in [5.74, 6) is -0.440. The highest BCUT2D eigenvalue weighted by Gasteiger charge is 2.34. The lowest BCUT2D eigenvalue weighted by molar-refractivity contribution is -0.139.